The fourth-order valence-corrected chi connectivity index (χ4v) is 4.41. The molecule has 2 aromatic rings. The lowest BCUT2D eigenvalue weighted by molar-refractivity contribution is -0.870. The maximum absolute atomic E-state index is 12.8. The number of hydrogen-bond acceptors (Lipinski definition) is 2. The lowest BCUT2D eigenvalue weighted by Gasteiger charge is -2.33. The van der Waals surface area contributed by atoms with Gasteiger partial charge in [-0.15, -0.1) is 0 Å². The van der Waals surface area contributed by atoms with Crippen molar-refractivity contribution in [1.29, 1.82) is 0 Å². The largest absolute Gasteiger partial charge is 1.00 e. The molecular formula is C18H22ClIN2OS. The van der Waals surface area contributed by atoms with Crippen LogP contribution in [0.15, 0.2) is 52.3 Å². The molecule has 0 aromatic heterocycles. The third-order valence-electron chi connectivity index (χ3n) is 3.98. The Kier molecular flexibility index (Phi) is 6.34. The summed E-state index contributed by atoms with van der Waals surface area (Å²) in [6.07, 6.45) is 1.05. The van der Waals surface area contributed by atoms with Crippen LogP contribution < -0.4 is 28.9 Å². The Balaban J connectivity index is 0.00000208. The maximum Gasteiger partial charge on any atom is 0.0892 e. The number of anilines is 2. The van der Waals surface area contributed by atoms with Crippen LogP contribution >= 0.6 is 11.6 Å². The van der Waals surface area contributed by atoms with Crippen LogP contribution in [0, 0.1) is 0 Å². The number of para-hydroxylation sites is 1. The van der Waals surface area contributed by atoms with Gasteiger partial charge in [0.1, 0.15) is 0 Å². The molecule has 1 aliphatic rings. The van der Waals surface area contributed by atoms with E-state index in [0.717, 1.165) is 45.2 Å². The van der Waals surface area contributed by atoms with Gasteiger partial charge in [0.15, 0.2) is 0 Å². The van der Waals surface area contributed by atoms with Crippen molar-refractivity contribution >= 4 is 33.8 Å². The summed E-state index contributed by atoms with van der Waals surface area (Å²) >= 11 is 6.19. The second-order valence-corrected chi connectivity index (χ2v) is 8.72. The summed E-state index contributed by atoms with van der Waals surface area (Å²) in [5.41, 5.74) is 2.00. The third kappa shape index (κ3) is 4.12. The molecule has 0 spiro atoms. The smallest absolute Gasteiger partial charge is 0.0892 e. The first kappa shape index (κ1) is 19.7. The first-order valence-corrected chi connectivity index (χ1v) is 9.28. The summed E-state index contributed by atoms with van der Waals surface area (Å²) in [7, 11) is 5.45. The summed E-state index contributed by atoms with van der Waals surface area (Å²) < 4.78 is 13.8. The highest BCUT2D eigenvalue weighted by Crippen LogP contribution is 2.42. The van der Waals surface area contributed by atoms with E-state index < -0.39 is 10.8 Å². The Morgan fingerprint density at radius 2 is 1.71 bits per heavy atom. The third-order valence-corrected chi connectivity index (χ3v) is 5.70. The number of benzene rings is 2. The zero-order valence-electron chi connectivity index (χ0n) is 14.1. The average Bonchev–Trinajstić information content (AvgIpc) is 2.49. The van der Waals surface area contributed by atoms with Gasteiger partial charge in [0.05, 0.1) is 59.7 Å². The van der Waals surface area contributed by atoms with E-state index in [0.29, 0.717) is 5.02 Å². The molecule has 1 unspecified atom stereocenters. The zero-order valence-corrected chi connectivity index (χ0v) is 17.9. The molecule has 0 saturated carbocycles. The molecule has 0 aliphatic carbocycles. The molecule has 0 saturated heterocycles. The minimum Gasteiger partial charge on any atom is -1.00 e. The topological polar surface area (TPSA) is 20.3 Å². The standard InChI is InChI=1S/C18H22ClN2OS.HI/c1-21(2,3)12-6-11-20-15-7-4-5-8-17(15)23(22)18-10-9-14(19)13-16(18)20;/h4-5,7-10,13H,6,11-12H2,1-3H3;1H/q+1;/p-1. The van der Waals surface area contributed by atoms with E-state index >= 15 is 0 Å². The average molecular weight is 477 g/mol. The SMILES string of the molecule is C[N+](C)(C)CCCN1c2ccccc2S(=O)c2ccc(Cl)cc21.[I-]. The van der Waals surface area contributed by atoms with Crippen molar-refractivity contribution in [3.8, 4) is 0 Å². The van der Waals surface area contributed by atoms with Crippen LogP contribution in [0.3, 0.4) is 0 Å². The molecule has 2 aromatic carbocycles. The van der Waals surface area contributed by atoms with Crippen LogP contribution in [-0.2, 0) is 10.8 Å². The Morgan fingerprint density at radius 3 is 2.42 bits per heavy atom. The van der Waals surface area contributed by atoms with Crippen molar-refractivity contribution in [2.45, 2.75) is 16.2 Å². The number of halogens is 2. The predicted molar refractivity (Wildman–Crippen MR) is 97.1 cm³/mol. The molecular weight excluding hydrogens is 455 g/mol. The van der Waals surface area contributed by atoms with E-state index in [1.165, 1.54) is 0 Å². The Hall–Kier alpha value is -0.630. The van der Waals surface area contributed by atoms with Crippen LogP contribution in [0.4, 0.5) is 11.4 Å². The molecule has 0 fully saturated rings. The van der Waals surface area contributed by atoms with Crippen LogP contribution in [0.25, 0.3) is 0 Å². The van der Waals surface area contributed by atoms with Crippen LogP contribution in [-0.4, -0.2) is 42.9 Å². The second kappa shape index (κ2) is 7.72. The fraction of sp³-hybridized carbons (Fsp3) is 0.333. The normalized spacial score (nSPS) is 16.2. The molecule has 3 rings (SSSR count). The van der Waals surface area contributed by atoms with E-state index in [-0.39, 0.29) is 24.0 Å². The molecule has 3 nitrogen and oxygen atoms in total. The molecule has 1 aliphatic heterocycles. The van der Waals surface area contributed by atoms with Crippen molar-refractivity contribution in [3.63, 3.8) is 0 Å². The predicted octanol–water partition coefficient (Wildman–Crippen LogP) is 1.06. The van der Waals surface area contributed by atoms with Gasteiger partial charge in [-0.2, -0.15) is 0 Å². The Morgan fingerprint density at radius 1 is 1.04 bits per heavy atom. The minimum absolute atomic E-state index is 0. The number of quaternary nitrogens is 1. The van der Waals surface area contributed by atoms with Gasteiger partial charge in [0.25, 0.3) is 0 Å². The maximum atomic E-state index is 12.8. The quantitative estimate of drug-likeness (QED) is 0.486. The zero-order chi connectivity index (χ0) is 16.6. The number of rotatable bonds is 4. The highest BCUT2D eigenvalue weighted by atomic mass is 127. The molecule has 0 radical (unpaired) electrons. The molecule has 130 valence electrons. The summed E-state index contributed by atoms with van der Waals surface area (Å²) in [5, 5.41) is 0.678. The van der Waals surface area contributed by atoms with Crippen LogP contribution in [0.1, 0.15) is 6.42 Å². The molecule has 0 bridgehead atoms. The van der Waals surface area contributed by atoms with Gasteiger partial charge < -0.3 is 33.4 Å². The van der Waals surface area contributed by atoms with E-state index in [2.05, 4.69) is 26.0 Å². The number of nitrogens with zero attached hydrogens (tertiary/aromatic N) is 2. The lowest BCUT2D eigenvalue weighted by Crippen LogP contribution is -3.00. The van der Waals surface area contributed by atoms with Gasteiger partial charge in [0, 0.05) is 18.0 Å². The van der Waals surface area contributed by atoms with E-state index in [1.807, 2.05) is 42.5 Å². The first-order chi connectivity index (χ1) is 10.9. The molecule has 24 heavy (non-hydrogen) atoms. The summed E-state index contributed by atoms with van der Waals surface area (Å²) in [6.45, 7) is 1.97. The number of fused-ring (bicyclic) bond motifs is 2. The van der Waals surface area contributed by atoms with Crippen LogP contribution in [0.2, 0.25) is 5.02 Å². The van der Waals surface area contributed by atoms with E-state index in [1.54, 1.807) is 0 Å². The van der Waals surface area contributed by atoms with Crippen molar-refractivity contribution in [3.05, 3.63) is 47.5 Å². The molecule has 6 heteroatoms. The molecule has 1 atom stereocenters. The second-order valence-electron chi connectivity index (χ2n) is 6.87. The van der Waals surface area contributed by atoms with E-state index in [9.17, 15) is 4.21 Å². The van der Waals surface area contributed by atoms with Gasteiger partial charge >= 0.3 is 0 Å². The van der Waals surface area contributed by atoms with Crippen LogP contribution in [0.5, 0.6) is 0 Å². The highest BCUT2D eigenvalue weighted by molar-refractivity contribution is 7.85. The monoisotopic (exact) mass is 476 g/mol. The Bertz CT molecular complexity index is 761. The minimum atomic E-state index is -1.15. The van der Waals surface area contributed by atoms with Gasteiger partial charge in [-0.1, -0.05) is 23.7 Å². The van der Waals surface area contributed by atoms with E-state index in [4.69, 9.17) is 11.6 Å². The summed E-state index contributed by atoms with van der Waals surface area (Å²) in [6, 6.07) is 13.6. The highest BCUT2D eigenvalue weighted by Gasteiger charge is 2.28. The molecule has 1 heterocycles. The molecule has 0 N–H and O–H groups in total. The van der Waals surface area contributed by atoms with Gasteiger partial charge in [-0.05, 0) is 30.3 Å². The van der Waals surface area contributed by atoms with Gasteiger partial charge in [-0.25, -0.2) is 4.21 Å². The summed E-state index contributed by atoms with van der Waals surface area (Å²) in [5.74, 6) is 0. The summed E-state index contributed by atoms with van der Waals surface area (Å²) in [4.78, 5) is 3.99. The lowest BCUT2D eigenvalue weighted by atomic mass is 10.2. The fourth-order valence-electron chi connectivity index (χ4n) is 2.89. The van der Waals surface area contributed by atoms with Gasteiger partial charge in [0.2, 0.25) is 0 Å². The van der Waals surface area contributed by atoms with Crippen molar-refractivity contribution in [2.24, 2.45) is 0 Å². The van der Waals surface area contributed by atoms with Gasteiger partial charge in [-0.3, -0.25) is 0 Å². The van der Waals surface area contributed by atoms with Crippen molar-refractivity contribution in [2.75, 3.05) is 39.1 Å². The molecule has 0 amide bonds. The number of hydrogen-bond donors (Lipinski definition) is 0. The Labute approximate surface area is 168 Å². The first-order valence-electron chi connectivity index (χ1n) is 7.75. The van der Waals surface area contributed by atoms with Crippen molar-refractivity contribution < 1.29 is 32.7 Å². The van der Waals surface area contributed by atoms with Crippen molar-refractivity contribution in [1.82, 2.24) is 0 Å².